The molecule has 0 unspecified atom stereocenters. The molecule has 1 aromatic carbocycles. The largest absolute Gasteiger partial charge is 0.505 e. The average molecular weight is 250 g/mol. The van der Waals surface area contributed by atoms with E-state index in [-0.39, 0.29) is 6.61 Å². The molecule has 94 valence electrons. The molecule has 2 N–H and O–H groups in total. The van der Waals surface area contributed by atoms with E-state index in [1.165, 1.54) is 0 Å². The Morgan fingerprint density at radius 2 is 1.94 bits per heavy atom. The lowest BCUT2D eigenvalue weighted by Crippen LogP contribution is -2.25. The molecule has 0 amide bonds. The Balaban J connectivity index is 1.96. The van der Waals surface area contributed by atoms with E-state index in [0.717, 1.165) is 5.56 Å². The van der Waals surface area contributed by atoms with Gasteiger partial charge in [0.15, 0.2) is 5.76 Å². The van der Waals surface area contributed by atoms with E-state index in [9.17, 15) is 14.7 Å². The van der Waals surface area contributed by atoms with E-state index in [4.69, 9.17) is 9.84 Å². The SMILES string of the molecule is O=C1O[C@H](C(=O)OCc2ccccc2)C(O)=C1O. The van der Waals surface area contributed by atoms with E-state index in [1.54, 1.807) is 24.3 Å². The number of aliphatic hydroxyl groups excluding tert-OH is 2. The molecule has 0 radical (unpaired) electrons. The maximum absolute atomic E-state index is 11.5. The molecule has 2 rings (SSSR count). The minimum atomic E-state index is -1.58. The first-order valence-electron chi connectivity index (χ1n) is 5.13. The molecule has 6 heteroatoms. The Morgan fingerprint density at radius 1 is 1.28 bits per heavy atom. The normalized spacial score (nSPS) is 18.7. The molecule has 1 aliphatic heterocycles. The first kappa shape index (κ1) is 12.0. The number of carbonyl (C=O) groups is 2. The van der Waals surface area contributed by atoms with Crippen molar-refractivity contribution in [1.29, 1.82) is 0 Å². The lowest BCUT2D eigenvalue weighted by atomic mass is 10.2. The molecule has 0 aromatic heterocycles. The van der Waals surface area contributed by atoms with Gasteiger partial charge in [-0.3, -0.25) is 0 Å². The molecular formula is C12H10O6. The molecule has 0 fully saturated rings. The zero-order valence-electron chi connectivity index (χ0n) is 9.20. The molecule has 0 bridgehead atoms. The molecular weight excluding hydrogens is 240 g/mol. The summed E-state index contributed by atoms with van der Waals surface area (Å²) >= 11 is 0. The van der Waals surface area contributed by atoms with Crippen molar-refractivity contribution in [3.8, 4) is 0 Å². The van der Waals surface area contributed by atoms with Crippen LogP contribution in [0.3, 0.4) is 0 Å². The smallest absolute Gasteiger partial charge is 0.378 e. The van der Waals surface area contributed by atoms with Crippen molar-refractivity contribution in [3.63, 3.8) is 0 Å². The molecule has 1 aliphatic rings. The molecule has 0 aliphatic carbocycles. The number of aliphatic hydroxyl groups is 2. The number of hydrogen-bond acceptors (Lipinski definition) is 6. The highest BCUT2D eigenvalue weighted by Crippen LogP contribution is 2.20. The van der Waals surface area contributed by atoms with E-state index < -0.39 is 29.6 Å². The van der Waals surface area contributed by atoms with Crippen molar-refractivity contribution in [2.24, 2.45) is 0 Å². The number of rotatable bonds is 3. The zero-order chi connectivity index (χ0) is 13.1. The fourth-order valence-corrected chi connectivity index (χ4v) is 1.41. The summed E-state index contributed by atoms with van der Waals surface area (Å²) in [6, 6.07) is 8.88. The van der Waals surface area contributed by atoms with Crippen LogP contribution >= 0.6 is 0 Å². The highest BCUT2D eigenvalue weighted by atomic mass is 16.6. The van der Waals surface area contributed by atoms with Crippen LogP contribution in [0.2, 0.25) is 0 Å². The monoisotopic (exact) mass is 250 g/mol. The van der Waals surface area contributed by atoms with Crippen molar-refractivity contribution < 1.29 is 29.3 Å². The van der Waals surface area contributed by atoms with Crippen LogP contribution in [0.25, 0.3) is 0 Å². The van der Waals surface area contributed by atoms with Gasteiger partial charge in [-0.2, -0.15) is 0 Å². The predicted octanol–water partition coefficient (Wildman–Crippen LogP) is 0.983. The zero-order valence-corrected chi connectivity index (χ0v) is 9.20. The summed E-state index contributed by atoms with van der Waals surface area (Å²) in [5, 5.41) is 18.3. The lowest BCUT2D eigenvalue weighted by molar-refractivity contribution is -0.163. The van der Waals surface area contributed by atoms with Gasteiger partial charge in [-0.15, -0.1) is 0 Å². The van der Waals surface area contributed by atoms with E-state index >= 15 is 0 Å². The van der Waals surface area contributed by atoms with E-state index in [2.05, 4.69) is 4.74 Å². The van der Waals surface area contributed by atoms with Gasteiger partial charge in [0, 0.05) is 0 Å². The molecule has 0 spiro atoms. The van der Waals surface area contributed by atoms with Crippen LogP contribution in [0.15, 0.2) is 41.9 Å². The highest BCUT2D eigenvalue weighted by Gasteiger charge is 2.40. The quantitative estimate of drug-likeness (QED) is 0.777. The van der Waals surface area contributed by atoms with Gasteiger partial charge in [-0.25, -0.2) is 9.59 Å². The van der Waals surface area contributed by atoms with Crippen LogP contribution in [-0.2, 0) is 25.7 Å². The van der Waals surface area contributed by atoms with Crippen molar-refractivity contribution in [2.45, 2.75) is 12.7 Å². The minimum absolute atomic E-state index is 0.0121. The van der Waals surface area contributed by atoms with Gasteiger partial charge >= 0.3 is 11.9 Å². The third-order valence-corrected chi connectivity index (χ3v) is 2.35. The highest BCUT2D eigenvalue weighted by molar-refractivity contribution is 5.94. The fraction of sp³-hybridized carbons (Fsp3) is 0.167. The van der Waals surface area contributed by atoms with Crippen LogP contribution in [0, 0.1) is 0 Å². The topological polar surface area (TPSA) is 93.1 Å². The van der Waals surface area contributed by atoms with Crippen LogP contribution in [0.1, 0.15) is 5.56 Å². The molecule has 18 heavy (non-hydrogen) atoms. The predicted molar refractivity (Wildman–Crippen MR) is 58.4 cm³/mol. The second-order valence-electron chi connectivity index (χ2n) is 3.61. The van der Waals surface area contributed by atoms with Crippen molar-refractivity contribution in [3.05, 3.63) is 47.4 Å². The summed E-state index contributed by atoms with van der Waals surface area (Å²) in [5.41, 5.74) is 0.753. The summed E-state index contributed by atoms with van der Waals surface area (Å²) in [5.74, 6) is -3.86. The first-order chi connectivity index (χ1) is 8.59. The fourth-order valence-electron chi connectivity index (χ4n) is 1.41. The summed E-state index contributed by atoms with van der Waals surface area (Å²) in [4.78, 5) is 22.4. The van der Waals surface area contributed by atoms with Gasteiger partial charge in [-0.1, -0.05) is 30.3 Å². The van der Waals surface area contributed by atoms with Gasteiger partial charge in [-0.05, 0) is 5.56 Å². The molecule has 1 atom stereocenters. The van der Waals surface area contributed by atoms with Gasteiger partial charge in [0.1, 0.15) is 6.61 Å². The second kappa shape index (κ2) is 4.79. The summed E-state index contributed by atoms with van der Waals surface area (Å²) < 4.78 is 9.31. The average Bonchev–Trinajstić information content (AvgIpc) is 2.65. The van der Waals surface area contributed by atoms with Gasteiger partial charge in [0.25, 0.3) is 6.10 Å². The summed E-state index contributed by atoms with van der Waals surface area (Å²) in [6.07, 6.45) is -1.58. The first-order valence-corrected chi connectivity index (χ1v) is 5.13. The minimum Gasteiger partial charge on any atom is -0.505 e. The number of benzene rings is 1. The summed E-state index contributed by atoms with van der Waals surface area (Å²) in [6.45, 7) is -0.0121. The molecule has 1 heterocycles. The van der Waals surface area contributed by atoms with Crippen LogP contribution in [-0.4, -0.2) is 28.3 Å². The van der Waals surface area contributed by atoms with Crippen LogP contribution in [0.4, 0.5) is 0 Å². The number of ether oxygens (including phenoxy) is 2. The Morgan fingerprint density at radius 3 is 2.50 bits per heavy atom. The maximum atomic E-state index is 11.5. The number of cyclic esters (lactones) is 1. The molecule has 0 saturated carbocycles. The Hall–Kier alpha value is -2.50. The van der Waals surface area contributed by atoms with E-state index in [1.807, 2.05) is 6.07 Å². The maximum Gasteiger partial charge on any atom is 0.378 e. The van der Waals surface area contributed by atoms with Crippen LogP contribution in [0.5, 0.6) is 0 Å². The standard InChI is InChI=1S/C12H10O6/c13-8-9(14)11(15)18-10(8)12(16)17-6-7-4-2-1-3-5-7/h1-5,10,13-14H,6H2/t10-/m0/s1. The Kier molecular flexibility index (Phi) is 3.18. The lowest BCUT2D eigenvalue weighted by Gasteiger charge is -2.09. The van der Waals surface area contributed by atoms with E-state index in [0.29, 0.717) is 0 Å². The third kappa shape index (κ3) is 2.27. The Bertz CT molecular complexity index is 505. The number of esters is 2. The van der Waals surface area contributed by atoms with Crippen molar-refractivity contribution in [2.75, 3.05) is 0 Å². The second-order valence-corrected chi connectivity index (χ2v) is 3.61. The molecule has 6 nitrogen and oxygen atoms in total. The Labute approximate surface area is 102 Å². The molecule has 1 aromatic rings. The van der Waals surface area contributed by atoms with Crippen LogP contribution < -0.4 is 0 Å². The van der Waals surface area contributed by atoms with Gasteiger partial charge in [0.2, 0.25) is 5.76 Å². The third-order valence-electron chi connectivity index (χ3n) is 2.35. The van der Waals surface area contributed by atoms with Crippen molar-refractivity contribution >= 4 is 11.9 Å². The van der Waals surface area contributed by atoms with Crippen molar-refractivity contribution in [1.82, 2.24) is 0 Å². The van der Waals surface area contributed by atoms with Gasteiger partial charge in [0.05, 0.1) is 0 Å². The number of hydrogen-bond donors (Lipinski definition) is 2. The van der Waals surface area contributed by atoms with Gasteiger partial charge < -0.3 is 19.7 Å². The number of carbonyl (C=O) groups excluding carboxylic acids is 2. The molecule has 0 saturated heterocycles. The summed E-state index contributed by atoms with van der Waals surface area (Å²) in [7, 11) is 0.